The molecule has 0 aliphatic carbocycles. The SMILES string of the molecule is O=C(NC[C@@H]1OC[C@H]2CN(CC3CCOCC3)CC[C@H]21)c1ccco1. The third-order valence-corrected chi connectivity index (χ3v) is 5.94. The number of amides is 1. The second-order valence-electron chi connectivity index (χ2n) is 7.59. The maximum absolute atomic E-state index is 12.0. The van der Waals surface area contributed by atoms with E-state index in [1.165, 1.54) is 25.6 Å². The molecule has 4 rings (SSSR count). The summed E-state index contributed by atoms with van der Waals surface area (Å²) in [6.45, 7) is 6.70. The molecule has 1 aromatic rings. The number of hydrogen-bond donors (Lipinski definition) is 1. The zero-order chi connectivity index (χ0) is 17.1. The van der Waals surface area contributed by atoms with Crippen LogP contribution in [-0.4, -0.2) is 62.9 Å². The van der Waals surface area contributed by atoms with E-state index < -0.39 is 0 Å². The fraction of sp³-hybridized carbons (Fsp3) is 0.737. The van der Waals surface area contributed by atoms with E-state index in [9.17, 15) is 4.79 Å². The summed E-state index contributed by atoms with van der Waals surface area (Å²) >= 11 is 0. The minimum Gasteiger partial charge on any atom is -0.459 e. The van der Waals surface area contributed by atoms with Gasteiger partial charge < -0.3 is 24.1 Å². The van der Waals surface area contributed by atoms with Gasteiger partial charge in [0, 0.05) is 38.8 Å². The highest BCUT2D eigenvalue weighted by Gasteiger charge is 2.41. The van der Waals surface area contributed by atoms with Crippen molar-refractivity contribution in [2.75, 3.05) is 46.0 Å². The van der Waals surface area contributed by atoms with Crippen LogP contribution in [0.5, 0.6) is 0 Å². The highest BCUT2D eigenvalue weighted by atomic mass is 16.5. The summed E-state index contributed by atoms with van der Waals surface area (Å²) in [4.78, 5) is 14.6. The molecular formula is C19H28N2O4. The highest BCUT2D eigenvalue weighted by molar-refractivity contribution is 5.91. The van der Waals surface area contributed by atoms with Crippen LogP contribution in [0.1, 0.15) is 29.8 Å². The minimum atomic E-state index is -0.158. The van der Waals surface area contributed by atoms with Crippen LogP contribution in [0, 0.1) is 17.8 Å². The van der Waals surface area contributed by atoms with E-state index in [-0.39, 0.29) is 12.0 Å². The molecule has 3 fully saturated rings. The molecule has 0 radical (unpaired) electrons. The first kappa shape index (κ1) is 17.1. The van der Waals surface area contributed by atoms with Gasteiger partial charge in [0.1, 0.15) is 0 Å². The van der Waals surface area contributed by atoms with Gasteiger partial charge in [-0.15, -0.1) is 0 Å². The summed E-state index contributed by atoms with van der Waals surface area (Å²) < 4.78 is 16.6. The molecule has 6 heteroatoms. The lowest BCUT2D eigenvalue weighted by Gasteiger charge is -2.38. The summed E-state index contributed by atoms with van der Waals surface area (Å²) in [7, 11) is 0. The standard InChI is InChI=1S/C19H28N2O4/c22-19(17-2-1-7-24-17)20-10-18-16-3-6-21(12-15(16)13-25-18)11-14-4-8-23-9-5-14/h1-2,7,14-16,18H,3-6,8-13H2,(H,20,22)/t15-,16-,18+/m1/s1. The van der Waals surface area contributed by atoms with E-state index in [0.29, 0.717) is 24.1 Å². The van der Waals surface area contributed by atoms with Gasteiger partial charge in [-0.3, -0.25) is 4.79 Å². The van der Waals surface area contributed by atoms with Crippen LogP contribution in [0.3, 0.4) is 0 Å². The summed E-state index contributed by atoms with van der Waals surface area (Å²) in [6, 6.07) is 3.41. The van der Waals surface area contributed by atoms with Gasteiger partial charge in [0.05, 0.1) is 19.0 Å². The lowest BCUT2D eigenvalue weighted by atomic mass is 9.83. The van der Waals surface area contributed by atoms with Gasteiger partial charge in [-0.2, -0.15) is 0 Å². The van der Waals surface area contributed by atoms with E-state index in [4.69, 9.17) is 13.9 Å². The Morgan fingerprint density at radius 2 is 2.16 bits per heavy atom. The first-order valence-corrected chi connectivity index (χ1v) is 9.53. The minimum absolute atomic E-state index is 0.133. The van der Waals surface area contributed by atoms with E-state index in [1.54, 1.807) is 12.1 Å². The molecule has 0 aromatic carbocycles. The van der Waals surface area contributed by atoms with Gasteiger partial charge in [0.25, 0.3) is 5.91 Å². The predicted molar refractivity (Wildman–Crippen MR) is 92.4 cm³/mol. The predicted octanol–water partition coefficient (Wildman–Crippen LogP) is 1.77. The zero-order valence-corrected chi connectivity index (χ0v) is 14.7. The normalized spacial score (nSPS) is 31.0. The Hall–Kier alpha value is -1.37. The van der Waals surface area contributed by atoms with Crippen molar-refractivity contribution >= 4 is 5.91 Å². The topological polar surface area (TPSA) is 63.9 Å². The van der Waals surface area contributed by atoms with Crippen LogP contribution in [0.2, 0.25) is 0 Å². The van der Waals surface area contributed by atoms with E-state index in [1.807, 2.05) is 0 Å². The second-order valence-corrected chi connectivity index (χ2v) is 7.59. The van der Waals surface area contributed by atoms with Crippen molar-refractivity contribution in [3.8, 4) is 0 Å². The number of nitrogens with one attached hydrogen (secondary N) is 1. The number of furan rings is 1. The largest absolute Gasteiger partial charge is 0.459 e. The molecule has 1 aromatic heterocycles. The molecule has 1 amide bonds. The summed E-state index contributed by atoms with van der Waals surface area (Å²) in [5.41, 5.74) is 0. The van der Waals surface area contributed by atoms with Crippen LogP contribution >= 0.6 is 0 Å². The first-order valence-electron chi connectivity index (χ1n) is 9.53. The summed E-state index contributed by atoms with van der Waals surface area (Å²) in [5, 5.41) is 2.95. The van der Waals surface area contributed by atoms with Crippen LogP contribution < -0.4 is 5.32 Å². The molecule has 0 spiro atoms. The van der Waals surface area contributed by atoms with Gasteiger partial charge >= 0.3 is 0 Å². The lowest BCUT2D eigenvalue weighted by Crippen LogP contribution is -2.45. The molecule has 138 valence electrons. The van der Waals surface area contributed by atoms with Crippen molar-refractivity contribution in [2.24, 2.45) is 17.8 Å². The van der Waals surface area contributed by atoms with Crippen molar-refractivity contribution < 1.29 is 18.7 Å². The third kappa shape index (κ3) is 4.07. The molecule has 6 nitrogen and oxygen atoms in total. The Kier molecular flexibility index (Phi) is 5.39. The number of nitrogens with zero attached hydrogens (tertiary/aromatic N) is 1. The average molecular weight is 348 g/mol. The maximum Gasteiger partial charge on any atom is 0.287 e. The quantitative estimate of drug-likeness (QED) is 0.879. The Labute approximate surface area is 148 Å². The van der Waals surface area contributed by atoms with Gasteiger partial charge in [-0.25, -0.2) is 0 Å². The molecule has 25 heavy (non-hydrogen) atoms. The number of hydrogen-bond acceptors (Lipinski definition) is 5. The number of carbonyl (C=O) groups excluding carboxylic acids is 1. The highest BCUT2D eigenvalue weighted by Crippen LogP contribution is 2.34. The van der Waals surface area contributed by atoms with Crippen molar-refractivity contribution in [2.45, 2.75) is 25.4 Å². The zero-order valence-electron chi connectivity index (χ0n) is 14.7. The Balaban J connectivity index is 1.24. The van der Waals surface area contributed by atoms with Gasteiger partial charge in [-0.1, -0.05) is 0 Å². The molecule has 3 aliphatic rings. The van der Waals surface area contributed by atoms with Gasteiger partial charge in [-0.05, 0) is 49.8 Å². The third-order valence-electron chi connectivity index (χ3n) is 5.94. The van der Waals surface area contributed by atoms with E-state index in [0.717, 1.165) is 45.2 Å². The summed E-state index contributed by atoms with van der Waals surface area (Å²) in [6.07, 6.45) is 5.21. The number of carbonyl (C=O) groups is 1. The monoisotopic (exact) mass is 348 g/mol. The van der Waals surface area contributed by atoms with E-state index >= 15 is 0 Å². The fourth-order valence-electron chi connectivity index (χ4n) is 4.52. The summed E-state index contributed by atoms with van der Waals surface area (Å²) in [5.74, 6) is 2.15. The molecule has 3 aliphatic heterocycles. The first-order chi connectivity index (χ1) is 12.3. The van der Waals surface area contributed by atoms with Gasteiger partial charge in [0.15, 0.2) is 5.76 Å². The Bertz CT molecular complexity index is 556. The van der Waals surface area contributed by atoms with Crippen molar-refractivity contribution in [1.29, 1.82) is 0 Å². The van der Waals surface area contributed by atoms with Crippen LogP contribution in [0.4, 0.5) is 0 Å². The van der Waals surface area contributed by atoms with E-state index in [2.05, 4.69) is 10.2 Å². The molecule has 3 atom stereocenters. The molecule has 0 bridgehead atoms. The maximum atomic E-state index is 12.0. The average Bonchev–Trinajstić information content (AvgIpc) is 3.30. The molecule has 4 heterocycles. The second kappa shape index (κ2) is 7.89. The number of ether oxygens (including phenoxy) is 2. The molecule has 3 saturated heterocycles. The number of piperidine rings is 1. The van der Waals surface area contributed by atoms with Crippen LogP contribution in [0.15, 0.2) is 22.8 Å². The van der Waals surface area contributed by atoms with Crippen molar-refractivity contribution in [3.63, 3.8) is 0 Å². The van der Waals surface area contributed by atoms with Crippen LogP contribution in [0.25, 0.3) is 0 Å². The van der Waals surface area contributed by atoms with Crippen molar-refractivity contribution in [1.82, 2.24) is 10.2 Å². The number of rotatable bonds is 5. The van der Waals surface area contributed by atoms with Crippen molar-refractivity contribution in [3.05, 3.63) is 24.2 Å². The molecular weight excluding hydrogens is 320 g/mol. The lowest BCUT2D eigenvalue weighted by molar-refractivity contribution is 0.0402. The number of likely N-dealkylation sites (tertiary alicyclic amines) is 1. The molecule has 0 saturated carbocycles. The van der Waals surface area contributed by atoms with Crippen LogP contribution in [-0.2, 0) is 9.47 Å². The molecule has 1 N–H and O–H groups in total. The van der Waals surface area contributed by atoms with Gasteiger partial charge in [0.2, 0.25) is 0 Å². The fourth-order valence-corrected chi connectivity index (χ4v) is 4.52. The Morgan fingerprint density at radius 1 is 1.28 bits per heavy atom. The smallest absolute Gasteiger partial charge is 0.287 e. The Morgan fingerprint density at radius 3 is 2.96 bits per heavy atom. The molecule has 0 unspecified atom stereocenters. The number of fused-ring (bicyclic) bond motifs is 1.